The number of ether oxygens (including phenoxy) is 3. The minimum atomic E-state index is -0.586. The molecule has 2 saturated heterocycles. The van der Waals surface area contributed by atoms with Crippen LogP contribution in [0.15, 0.2) is 12.1 Å². The fourth-order valence-electron chi connectivity index (χ4n) is 5.63. The van der Waals surface area contributed by atoms with Crippen molar-refractivity contribution in [3.8, 4) is 11.5 Å². The van der Waals surface area contributed by atoms with Gasteiger partial charge < -0.3 is 24.4 Å². The number of nitrogens with zero attached hydrogens (tertiary/aromatic N) is 2. The van der Waals surface area contributed by atoms with Crippen LogP contribution in [-0.2, 0) is 16.0 Å². The highest BCUT2D eigenvalue weighted by atomic mass is 16.6. The zero-order valence-corrected chi connectivity index (χ0v) is 21.3. The molecule has 0 aromatic heterocycles. The van der Waals surface area contributed by atoms with Gasteiger partial charge in [0.1, 0.15) is 5.60 Å². The van der Waals surface area contributed by atoms with Crippen LogP contribution in [0.5, 0.6) is 11.5 Å². The molecular formula is C26H39N3O5. The smallest absolute Gasteiger partial charge is 0.407 e. The molecule has 0 radical (unpaired) electrons. The third kappa shape index (κ3) is 5.11. The molecule has 1 N–H and O–H groups in total. The average molecular weight is 474 g/mol. The van der Waals surface area contributed by atoms with Crippen molar-refractivity contribution in [2.75, 3.05) is 33.9 Å². The van der Waals surface area contributed by atoms with Gasteiger partial charge in [0.2, 0.25) is 5.91 Å². The van der Waals surface area contributed by atoms with Gasteiger partial charge in [0.25, 0.3) is 0 Å². The van der Waals surface area contributed by atoms with Crippen LogP contribution in [0.4, 0.5) is 4.79 Å². The average Bonchev–Trinajstić information content (AvgIpc) is 2.78. The van der Waals surface area contributed by atoms with Gasteiger partial charge in [-0.25, -0.2) is 4.79 Å². The van der Waals surface area contributed by atoms with Gasteiger partial charge in [0.15, 0.2) is 11.5 Å². The normalized spacial score (nSPS) is 27.5. The zero-order chi connectivity index (χ0) is 24.6. The van der Waals surface area contributed by atoms with E-state index < -0.39 is 11.7 Å². The van der Waals surface area contributed by atoms with Crippen LogP contribution in [0.2, 0.25) is 0 Å². The predicted molar refractivity (Wildman–Crippen MR) is 129 cm³/mol. The molecule has 3 heterocycles. The number of hydrogen-bond acceptors (Lipinski definition) is 6. The van der Waals surface area contributed by atoms with Gasteiger partial charge in [-0.15, -0.1) is 0 Å². The number of amides is 2. The largest absolute Gasteiger partial charge is 0.493 e. The molecule has 4 unspecified atom stereocenters. The molecule has 0 spiro atoms. The summed E-state index contributed by atoms with van der Waals surface area (Å²) in [6.07, 6.45) is 2.67. The van der Waals surface area contributed by atoms with Gasteiger partial charge in [0, 0.05) is 32.1 Å². The summed E-state index contributed by atoms with van der Waals surface area (Å²) >= 11 is 0. The third-order valence-corrected chi connectivity index (χ3v) is 7.26. The summed E-state index contributed by atoms with van der Waals surface area (Å²) in [4.78, 5) is 30.2. The molecule has 8 nitrogen and oxygen atoms in total. The molecule has 0 bridgehead atoms. The van der Waals surface area contributed by atoms with Gasteiger partial charge in [-0.1, -0.05) is 6.92 Å². The Hall–Kier alpha value is -2.48. The van der Waals surface area contributed by atoms with Crippen LogP contribution >= 0.6 is 0 Å². The summed E-state index contributed by atoms with van der Waals surface area (Å²) in [5.74, 6) is 2.08. The number of alkyl carbamates (subject to hydrolysis) is 1. The summed E-state index contributed by atoms with van der Waals surface area (Å²) in [5.41, 5.74) is 1.87. The summed E-state index contributed by atoms with van der Waals surface area (Å²) in [6.45, 7) is 10.1. The van der Waals surface area contributed by atoms with E-state index in [9.17, 15) is 9.59 Å². The minimum absolute atomic E-state index is 0.0827. The number of fused-ring (bicyclic) bond motifs is 3. The lowest BCUT2D eigenvalue weighted by molar-refractivity contribution is -0.140. The van der Waals surface area contributed by atoms with E-state index in [2.05, 4.69) is 29.3 Å². The van der Waals surface area contributed by atoms with E-state index in [4.69, 9.17) is 14.2 Å². The molecule has 2 amide bonds. The second kappa shape index (κ2) is 9.64. The Labute approximate surface area is 202 Å². The predicted octanol–water partition coefficient (Wildman–Crippen LogP) is 3.53. The first kappa shape index (κ1) is 24.6. The first-order valence-corrected chi connectivity index (χ1v) is 12.4. The second-order valence-corrected chi connectivity index (χ2v) is 10.9. The lowest BCUT2D eigenvalue weighted by Gasteiger charge is -2.51. The van der Waals surface area contributed by atoms with E-state index >= 15 is 0 Å². The van der Waals surface area contributed by atoms with Crippen LogP contribution < -0.4 is 14.8 Å². The van der Waals surface area contributed by atoms with E-state index in [1.807, 2.05) is 25.7 Å². The molecule has 188 valence electrons. The SMILES string of the molecule is COc1cc2c(cc1OC)C1CC(NC(=O)OC(C)(C)C)C(N3CC(C)CCC3=O)CN1CC2. The Balaban J connectivity index is 1.64. The molecule has 4 rings (SSSR count). The second-order valence-electron chi connectivity index (χ2n) is 10.9. The molecular weight excluding hydrogens is 434 g/mol. The Kier molecular flexibility index (Phi) is 6.99. The number of nitrogens with one attached hydrogen (secondary N) is 1. The first-order valence-electron chi connectivity index (χ1n) is 12.4. The van der Waals surface area contributed by atoms with Gasteiger partial charge in [-0.3, -0.25) is 9.69 Å². The number of carbonyl (C=O) groups is 2. The van der Waals surface area contributed by atoms with E-state index in [-0.39, 0.29) is 24.0 Å². The number of benzene rings is 1. The summed E-state index contributed by atoms with van der Waals surface area (Å²) < 4.78 is 16.7. The lowest BCUT2D eigenvalue weighted by atomic mass is 9.81. The Morgan fingerprint density at radius 3 is 2.47 bits per heavy atom. The maximum atomic E-state index is 12.9. The number of piperidine rings is 2. The monoisotopic (exact) mass is 473 g/mol. The number of methoxy groups -OCH3 is 2. The Morgan fingerprint density at radius 2 is 1.79 bits per heavy atom. The molecule has 4 atom stereocenters. The van der Waals surface area contributed by atoms with Crippen LogP contribution in [-0.4, -0.2) is 73.3 Å². The first-order chi connectivity index (χ1) is 16.1. The van der Waals surface area contributed by atoms with Crippen LogP contribution in [0, 0.1) is 5.92 Å². The quantitative estimate of drug-likeness (QED) is 0.721. The summed E-state index contributed by atoms with van der Waals surface area (Å²) in [6, 6.07) is 3.98. The standard InChI is InChI=1S/C26H39N3O5/c1-16-7-8-24(30)29(14-16)21-15-28-10-9-17-11-22(32-5)23(33-6)12-18(17)20(28)13-19(21)27-25(31)34-26(2,3)4/h11-12,16,19-21H,7-10,13-15H2,1-6H3,(H,27,31). The fourth-order valence-corrected chi connectivity index (χ4v) is 5.63. The minimum Gasteiger partial charge on any atom is -0.493 e. The highest BCUT2D eigenvalue weighted by Gasteiger charge is 2.44. The highest BCUT2D eigenvalue weighted by molar-refractivity contribution is 5.77. The molecule has 3 aliphatic rings. The van der Waals surface area contributed by atoms with Gasteiger partial charge in [-0.05, 0) is 69.2 Å². The van der Waals surface area contributed by atoms with Crippen molar-refractivity contribution < 1.29 is 23.8 Å². The van der Waals surface area contributed by atoms with Crippen molar-refractivity contribution in [3.05, 3.63) is 23.3 Å². The number of carbonyl (C=O) groups excluding carboxylic acids is 2. The molecule has 0 aliphatic carbocycles. The van der Waals surface area contributed by atoms with Crippen molar-refractivity contribution in [1.29, 1.82) is 0 Å². The van der Waals surface area contributed by atoms with Crippen molar-refractivity contribution in [2.24, 2.45) is 5.92 Å². The number of rotatable bonds is 4. The van der Waals surface area contributed by atoms with Crippen LogP contribution in [0.25, 0.3) is 0 Å². The number of likely N-dealkylation sites (tertiary alicyclic amines) is 1. The topological polar surface area (TPSA) is 80.3 Å². The third-order valence-electron chi connectivity index (χ3n) is 7.26. The molecule has 1 aromatic carbocycles. The fraction of sp³-hybridized carbons (Fsp3) is 0.692. The van der Waals surface area contributed by atoms with Gasteiger partial charge in [0.05, 0.1) is 26.3 Å². The van der Waals surface area contributed by atoms with Crippen molar-refractivity contribution in [2.45, 2.75) is 77.1 Å². The maximum absolute atomic E-state index is 12.9. The molecule has 8 heteroatoms. The zero-order valence-electron chi connectivity index (χ0n) is 21.3. The van der Waals surface area contributed by atoms with E-state index in [0.29, 0.717) is 24.5 Å². The van der Waals surface area contributed by atoms with Gasteiger partial charge in [-0.2, -0.15) is 0 Å². The van der Waals surface area contributed by atoms with Crippen LogP contribution in [0.3, 0.4) is 0 Å². The Morgan fingerprint density at radius 1 is 1.09 bits per heavy atom. The van der Waals surface area contributed by atoms with Crippen molar-refractivity contribution in [3.63, 3.8) is 0 Å². The van der Waals surface area contributed by atoms with Crippen molar-refractivity contribution >= 4 is 12.0 Å². The van der Waals surface area contributed by atoms with E-state index in [1.165, 1.54) is 11.1 Å². The van der Waals surface area contributed by atoms with Crippen LogP contribution in [0.1, 0.15) is 64.1 Å². The van der Waals surface area contributed by atoms with E-state index in [0.717, 1.165) is 38.2 Å². The maximum Gasteiger partial charge on any atom is 0.407 e. The van der Waals surface area contributed by atoms with Crippen molar-refractivity contribution in [1.82, 2.24) is 15.1 Å². The molecule has 34 heavy (non-hydrogen) atoms. The van der Waals surface area contributed by atoms with E-state index in [1.54, 1.807) is 14.2 Å². The number of hydrogen-bond donors (Lipinski definition) is 1. The molecule has 0 saturated carbocycles. The molecule has 3 aliphatic heterocycles. The highest BCUT2D eigenvalue weighted by Crippen LogP contribution is 2.43. The van der Waals surface area contributed by atoms with Gasteiger partial charge >= 0.3 is 6.09 Å². The summed E-state index contributed by atoms with van der Waals surface area (Å²) in [7, 11) is 3.31. The Bertz CT molecular complexity index is 928. The molecule has 1 aromatic rings. The lowest BCUT2D eigenvalue weighted by Crippen LogP contribution is -2.64. The molecule has 2 fully saturated rings. The summed E-state index contributed by atoms with van der Waals surface area (Å²) in [5, 5.41) is 3.14.